The number of esters is 1. The van der Waals surface area contributed by atoms with Crippen molar-refractivity contribution >= 4 is 17.8 Å². The highest BCUT2D eigenvalue weighted by molar-refractivity contribution is 5.85. The van der Waals surface area contributed by atoms with Crippen molar-refractivity contribution in [2.24, 2.45) is 72.4 Å². The molecule has 0 radical (unpaired) electrons. The van der Waals surface area contributed by atoms with Crippen LogP contribution in [0.15, 0.2) is 12.2 Å². The van der Waals surface area contributed by atoms with Crippen LogP contribution in [-0.4, -0.2) is 81.3 Å². The minimum atomic E-state index is -0.820. The second kappa shape index (κ2) is 14.0. The summed E-state index contributed by atoms with van der Waals surface area (Å²) >= 11 is 0. The fraction of sp³-hybridized carbons (Fsp3) is 0.906. The normalized spacial score (nSPS) is 48.9. The molecule has 344 valence electrons. The van der Waals surface area contributed by atoms with Crippen LogP contribution in [0.1, 0.15) is 186 Å². The van der Waals surface area contributed by atoms with Gasteiger partial charge < -0.3 is 19.8 Å². The summed E-state index contributed by atoms with van der Waals surface area (Å²) in [6, 6.07) is 0.345. The number of carboxylic acids is 1. The summed E-state index contributed by atoms with van der Waals surface area (Å²) in [4.78, 5) is 46.5. The van der Waals surface area contributed by atoms with Crippen molar-refractivity contribution in [1.29, 1.82) is 0 Å². The zero-order chi connectivity index (χ0) is 44.9. The van der Waals surface area contributed by atoms with Crippen LogP contribution in [0.4, 0.5) is 0 Å². The van der Waals surface area contributed by atoms with Gasteiger partial charge >= 0.3 is 11.9 Å². The Labute approximate surface area is 370 Å². The lowest BCUT2D eigenvalue weighted by Crippen LogP contribution is -2.75. The maximum absolute atomic E-state index is 15.8. The first-order chi connectivity index (χ1) is 28.1. The first kappa shape index (κ1) is 45.6. The van der Waals surface area contributed by atoms with E-state index in [1.807, 2.05) is 27.7 Å². The number of likely N-dealkylation sites (tertiary alicyclic amines) is 2. The number of carboxylic acid groups (broad SMARTS) is 1. The average molecular weight is 847 g/mol. The molecule has 0 aromatic heterocycles. The molecule has 0 aromatic rings. The summed E-state index contributed by atoms with van der Waals surface area (Å²) in [7, 11) is 0. The topological polar surface area (TPSA) is 107 Å². The second-order valence-corrected chi connectivity index (χ2v) is 25.9. The monoisotopic (exact) mass is 847 g/mol. The summed E-state index contributed by atoms with van der Waals surface area (Å²) in [6.45, 7) is 37.8. The molecular weight excluding hydrogens is 761 g/mol. The third kappa shape index (κ3) is 5.63. The Morgan fingerprint density at radius 2 is 1.34 bits per heavy atom. The Bertz CT molecular complexity index is 1830. The van der Waals surface area contributed by atoms with E-state index in [0.29, 0.717) is 24.2 Å². The summed E-state index contributed by atoms with van der Waals surface area (Å²) in [6.07, 6.45) is 14.7. The third-order valence-corrected chi connectivity index (χ3v) is 23.7. The Hall–Kier alpha value is -1.93. The fourth-order valence-corrected chi connectivity index (χ4v) is 18.8. The molecule has 2 saturated heterocycles. The van der Waals surface area contributed by atoms with Gasteiger partial charge in [-0.3, -0.25) is 19.3 Å². The summed E-state index contributed by atoms with van der Waals surface area (Å²) in [5.41, 5.74) is -0.967. The molecule has 2 aliphatic heterocycles. The van der Waals surface area contributed by atoms with Gasteiger partial charge in [0.25, 0.3) is 0 Å². The van der Waals surface area contributed by atoms with Crippen molar-refractivity contribution < 1.29 is 29.3 Å². The lowest BCUT2D eigenvalue weighted by molar-refractivity contribution is -0.328. The molecule has 61 heavy (non-hydrogen) atoms. The van der Waals surface area contributed by atoms with Crippen molar-refractivity contribution in [2.45, 2.75) is 210 Å². The number of hydrogen-bond acceptors (Lipinski definition) is 6. The Morgan fingerprint density at radius 1 is 0.721 bits per heavy atom. The molecule has 1 amide bonds. The van der Waals surface area contributed by atoms with Gasteiger partial charge in [0, 0.05) is 30.6 Å². The smallest absolute Gasteiger partial charge is 0.309 e. The van der Waals surface area contributed by atoms with E-state index in [1.165, 1.54) is 5.57 Å². The summed E-state index contributed by atoms with van der Waals surface area (Å²) < 4.78 is 6.58. The molecule has 8 fully saturated rings. The average Bonchev–Trinajstić information content (AvgIpc) is 3.90. The molecule has 0 spiro atoms. The molecule has 8 rings (SSSR count). The van der Waals surface area contributed by atoms with E-state index in [1.54, 1.807) is 0 Å². The quantitative estimate of drug-likeness (QED) is 0.185. The number of rotatable bonds is 8. The van der Waals surface area contributed by atoms with Gasteiger partial charge in [0.05, 0.1) is 22.9 Å². The largest absolute Gasteiger partial charge is 0.481 e. The Morgan fingerprint density at radius 3 is 1.97 bits per heavy atom. The minimum absolute atomic E-state index is 0.00837. The van der Waals surface area contributed by atoms with Crippen LogP contribution in [0.25, 0.3) is 0 Å². The van der Waals surface area contributed by atoms with Crippen molar-refractivity contribution in [3.8, 4) is 0 Å². The lowest BCUT2D eigenvalue weighted by Gasteiger charge is -2.80. The number of carbonyl (C=O) groups excluding carboxylic acids is 2. The second-order valence-electron chi connectivity index (χ2n) is 25.9. The first-order valence-electron chi connectivity index (χ1n) is 24.9. The molecule has 1 unspecified atom stereocenters. The molecule has 6 aliphatic carbocycles. The van der Waals surface area contributed by atoms with Crippen LogP contribution in [0.5, 0.6) is 0 Å². The highest BCUT2D eigenvalue weighted by atomic mass is 16.5. The number of nitrogens with zero attached hydrogens (tertiary/aromatic N) is 2. The van der Waals surface area contributed by atoms with Crippen LogP contribution in [-0.2, 0) is 19.1 Å². The van der Waals surface area contributed by atoms with Crippen molar-refractivity contribution in [1.82, 2.24) is 9.80 Å². The van der Waals surface area contributed by atoms with E-state index in [2.05, 4.69) is 78.7 Å². The van der Waals surface area contributed by atoms with Crippen LogP contribution in [0.3, 0.4) is 0 Å². The Balaban J connectivity index is 1.09. The maximum atomic E-state index is 15.8. The molecular formula is C53H86N2O6. The van der Waals surface area contributed by atoms with E-state index in [9.17, 15) is 19.8 Å². The van der Waals surface area contributed by atoms with Gasteiger partial charge in [-0.25, -0.2) is 0 Å². The standard InChI is InChI=1S/C53H86N2O6/c1-33(2)35-19-24-53(43(59)55-30-15-17-34(55)32-54-29-16-18-39(54)46(7,8)60)28-25-47(9)38(52(35,53)14)20-22-51(13)49(47,11)27-26-48(10)45(5,6)40(21-23-50(48,51)12)61-42(58)37-31-36(41(56)57)44(37,3)4/h34-40,60H,1,15-32H2,2-14H3,(H,56,57)/t34-,35-,36-,37?,38-,39-,40-,47+,48-,49-,50-,51-,52+,53+/m0/s1. The molecule has 2 N–H and O–H groups in total. The van der Waals surface area contributed by atoms with Crippen molar-refractivity contribution in [3.63, 3.8) is 0 Å². The number of fused-ring (bicyclic) bond motifs is 7. The van der Waals surface area contributed by atoms with E-state index in [0.717, 1.165) is 110 Å². The number of ether oxygens (including phenoxy) is 1. The summed E-state index contributed by atoms with van der Waals surface area (Å²) in [5, 5.41) is 20.9. The number of hydrogen-bond donors (Lipinski definition) is 2. The molecule has 0 aromatic carbocycles. The third-order valence-electron chi connectivity index (χ3n) is 23.7. The zero-order valence-electron chi connectivity index (χ0n) is 40.9. The van der Waals surface area contributed by atoms with Gasteiger partial charge in [0.2, 0.25) is 5.91 Å². The van der Waals surface area contributed by atoms with Gasteiger partial charge in [-0.05, 0) is 173 Å². The maximum Gasteiger partial charge on any atom is 0.309 e. The van der Waals surface area contributed by atoms with E-state index < -0.39 is 28.3 Å². The van der Waals surface area contributed by atoms with Crippen molar-refractivity contribution in [3.05, 3.63) is 12.2 Å². The molecule has 8 nitrogen and oxygen atoms in total. The first-order valence-corrected chi connectivity index (χ1v) is 24.9. The number of amides is 1. The van der Waals surface area contributed by atoms with Gasteiger partial charge in [-0.15, -0.1) is 0 Å². The number of aliphatic carboxylic acids is 1. The lowest BCUT2D eigenvalue weighted by atomic mass is 9.24. The predicted molar refractivity (Wildman–Crippen MR) is 241 cm³/mol. The number of carbonyl (C=O) groups is 3. The van der Waals surface area contributed by atoms with Crippen LogP contribution < -0.4 is 0 Å². The van der Waals surface area contributed by atoms with Gasteiger partial charge in [0.1, 0.15) is 6.10 Å². The van der Waals surface area contributed by atoms with Gasteiger partial charge in [-0.1, -0.05) is 81.4 Å². The Kier molecular flexibility index (Phi) is 10.5. The fourth-order valence-electron chi connectivity index (χ4n) is 18.8. The molecule has 0 bridgehead atoms. The van der Waals surface area contributed by atoms with Gasteiger partial charge in [0.15, 0.2) is 0 Å². The van der Waals surface area contributed by atoms with E-state index in [4.69, 9.17) is 4.74 Å². The number of allylic oxidation sites excluding steroid dienone is 1. The molecule has 2 heterocycles. The molecule has 14 atom stereocenters. The van der Waals surface area contributed by atoms with Gasteiger partial charge in [-0.2, -0.15) is 0 Å². The minimum Gasteiger partial charge on any atom is -0.481 e. The highest BCUT2D eigenvalue weighted by Crippen LogP contribution is 2.86. The van der Waals surface area contributed by atoms with Crippen LogP contribution >= 0.6 is 0 Å². The van der Waals surface area contributed by atoms with Crippen LogP contribution in [0, 0.1) is 72.4 Å². The molecule has 8 aliphatic rings. The zero-order valence-corrected chi connectivity index (χ0v) is 40.9. The van der Waals surface area contributed by atoms with E-state index >= 15 is 4.79 Å². The highest BCUT2D eigenvalue weighted by Gasteiger charge is 2.80. The molecule has 8 heteroatoms. The molecule has 6 saturated carbocycles. The predicted octanol–water partition coefficient (Wildman–Crippen LogP) is 10.7. The number of aliphatic hydroxyl groups is 1. The van der Waals surface area contributed by atoms with Crippen LogP contribution in [0.2, 0.25) is 0 Å². The van der Waals surface area contributed by atoms with E-state index in [-0.39, 0.29) is 68.0 Å². The SMILES string of the molecule is C=C(C)[C@@H]1CC[C@]2(C(=O)N3CCC[C@H]3CN3CCC[C@H]3C(C)(C)O)CC[C@]3(C)[C@H](CC[C@]4(C)[C@@]5(C)CC[C@H](OC(=O)C6C[C@@H](C(=O)O)C6(C)C)C(C)(C)[C@]5(C)CC[C@]43C)[C@@]12C. The van der Waals surface area contributed by atoms with Crippen molar-refractivity contribution in [2.75, 3.05) is 19.6 Å². The summed E-state index contributed by atoms with van der Waals surface area (Å²) in [5.74, 6) is -0.777.